The number of rotatable bonds is 4. The standard InChI is InChI=1S/C13H17F3N2O/c14-13(15,16)11-3-4-12(18-9-11)19-7-5-10-2-1-6-17-8-10/h3-4,9-10,17H,1-2,5-8H2. The molecule has 1 saturated heterocycles. The molecule has 106 valence electrons. The summed E-state index contributed by atoms with van der Waals surface area (Å²) in [7, 11) is 0. The highest BCUT2D eigenvalue weighted by Crippen LogP contribution is 2.29. The van der Waals surface area contributed by atoms with E-state index in [1.807, 2.05) is 0 Å². The van der Waals surface area contributed by atoms with Crippen molar-refractivity contribution in [3.63, 3.8) is 0 Å². The lowest BCUT2D eigenvalue weighted by atomic mass is 9.97. The fourth-order valence-corrected chi connectivity index (χ4v) is 2.13. The quantitative estimate of drug-likeness (QED) is 0.916. The number of nitrogens with one attached hydrogen (secondary N) is 1. The number of alkyl halides is 3. The summed E-state index contributed by atoms with van der Waals surface area (Å²) in [4.78, 5) is 3.67. The molecule has 1 atom stereocenters. The molecule has 2 rings (SSSR count). The molecule has 1 N–H and O–H groups in total. The first-order valence-electron chi connectivity index (χ1n) is 6.42. The minimum absolute atomic E-state index is 0.247. The average molecular weight is 274 g/mol. The molecule has 1 aliphatic rings. The summed E-state index contributed by atoms with van der Waals surface area (Å²) in [5, 5.41) is 3.31. The Morgan fingerprint density at radius 1 is 1.37 bits per heavy atom. The molecule has 3 nitrogen and oxygen atoms in total. The molecule has 1 aromatic heterocycles. The van der Waals surface area contributed by atoms with Gasteiger partial charge in [0.25, 0.3) is 0 Å². The van der Waals surface area contributed by atoms with Crippen molar-refractivity contribution in [3.8, 4) is 5.88 Å². The molecule has 0 aromatic carbocycles. The van der Waals surface area contributed by atoms with Gasteiger partial charge in [0.1, 0.15) is 0 Å². The second-order valence-electron chi connectivity index (χ2n) is 4.73. The van der Waals surface area contributed by atoms with Crippen LogP contribution in [0.5, 0.6) is 5.88 Å². The van der Waals surface area contributed by atoms with E-state index in [9.17, 15) is 13.2 Å². The summed E-state index contributed by atoms with van der Waals surface area (Å²) in [6.07, 6.45) is -0.299. The summed E-state index contributed by atoms with van der Waals surface area (Å²) in [6.45, 7) is 2.55. The van der Waals surface area contributed by atoms with E-state index in [2.05, 4.69) is 10.3 Å². The smallest absolute Gasteiger partial charge is 0.417 e. The molecular weight excluding hydrogens is 257 g/mol. The van der Waals surface area contributed by atoms with Crippen LogP contribution in [-0.4, -0.2) is 24.7 Å². The van der Waals surface area contributed by atoms with Crippen LogP contribution in [0.4, 0.5) is 13.2 Å². The summed E-state index contributed by atoms with van der Waals surface area (Å²) >= 11 is 0. The van der Waals surface area contributed by atoms with Gasteiger partial charge in [-0.3, -0.25) is 0 Å². The third-order valence-electron chi connectivity index (χ3n) is 3.24. The highest BCUT2D eigenvalue weighted by atomic mass is 19.4. The molecule has 1 unspecified atom stereocenters. The maximum atomic E-state index is 12.3. The van der Waals surface area contributed by atoms with Crippen molar-refractivity contribution in [2.24, 2.45) is 5.92 Å². The van der Waals surface area contributed by atoms with Crippen molar-refractivity contribution >= 4 is 0 Å². The Bertz CT molecular complexity index is 386. The van der Waals surface area contributed by atoms with Gasteiger partial charge in [0.2, 0.25) is 5.88 Å². The molecule has 0 spiro atoms. The van der Waals surface area contributed by atoms with Gasteiger partial charge in [0, 0.05) is 12.3 Å². The molecule has 0 bridgehead atoms. The van der Waals surface area contributed by atoms with Gasteiger partial charge in [-0.25, -0.2) is 4.98 Å². The Labute approximate surface area is 110 Å². The number of nitrogens with zero attached hydrogens (tertiary/aromatic N) is 1. The average Bonchev–Trinajstić information content (AvgIpc) is 2.39. The Morgan fingerprint density at radius 3 is 2.79 bits per heavy atom. The molecular formula is C13H17F3N2O. The van der Waals surface area contributed by atoms with Crippen LogP contribution < -0.4 is 10.1 Å². The van der Waals surface area contributed by atoms with Crippen LogP contribution >= 0.6 is 0 Å². The lowest BCUT2D eigenvalue weighted by Gasteiger charge is -2.22. The Balaban J connectivity index is 1.76. The molecule has 0 radical (unpaired) electrons. The third kappa shape index (κ3) is 4.38. The Kier molecular flexibility index (Phi) is 4.63. The van der Waals surface area contributed by atoms with Gasteiger partial charge < -0.3 is 10.1 Å². The van der Waals surface area contributed by atoms with Crippen LogP contribution in [0.1, 0.15) is 24.8 Å². The zero-order valence-corrected chi connectivity index (χ0v) is 10.5. The van der Waals surface area contributed by atoms with Crippen molar-refractivity contribution in [3.05, 3.63) is 23.9 Å². The number of piperidine rings is 1. The van der Waals surface area contributed by atoms with E-state index in [4.69, 9.17) is 4.74 Å². The van der Waals surface area contributed by atoms with Crippen molar-refractivity contribution in [1.82, 2.24) is 10.3 Å². The van der Waals surface area contributed by atoms with E-state index in [0.29, 0.717) is 12.5 Å². The summed E-state index contributed by atoms with van der Waals surface area (Å²) in [6, 6.07) is 2.26. The van der Waals surface area contributed by atoms with E-state index >= 15 is 0 Å². The number of ether oxygens (including phenoxy) is 1. The van der Waals surface area contributed by atoms with E-state index in [-0.39, 0.29) is 5.88 Å². The summed E-state index contributed by atoms with van der Waals surface area (Å²) in [5.41, 5.74) is -0.753. The van der Waals surface area contributed by atoms with Crippen molar-refractivity contribution in [2.45, 2.75) is 25.4 Å². The lowest BCUT2D eigenvalue weighted by molar-refractivity contribution is -0.137. The van der Waals surface area contributed by atoms with Crippen LogP contribution in [0.2, 0.25) is 0 Å². The first-order valence-corrected chi connectivity index (χ1v) is 6.42. The molecule has 1 fully saturated rings. The second-order valence-corrected chi connectivity index (χ2v) is 4.73. The number of hydrogen-bond donors (Lipinski definition) is 1. The van der Waals surface area contributed by atoms with Crippen molar-refractivity contribution in [1.29, 1.82) is 0 Å². The number of pyridine rings is 1. The molecule has 0 saturated carbocycles. The monoisotopic (exact) mass is 274 g/mol. The predicted octanol–water partition coefficient (Wildman–Crippen LogP) is 2.87. The van der Waals surface area contributed by atoms with Crippen molar-refractivity contribution < 1.29 is 17.9 Å². The largest absolute Gasteiger partial charge is 0.478 e. The van der Waals surface area contributed by atoms with Gasteiger partial charge in [-0.05, 0) is 44.3 Å². The van der Waals surface area contributed by atoms with Gasteiger partial charge in [-0.1, -0.05) is 0 Å². The molecule has 0 amide bonds. The zero-order chi connectivity index (χ0) is 13.7. The fourth-order valence-electron chi connectivity index (χ4n) is 2.13. The first kappa shape index (κ1) is 14.1. The first-order chi connectivity index (χ1) is 9.05. The van der Waals surface area contributed by atoms with Crippen LogP contribution in [0, 0.1) is 5.92 Å². The van der Waals surface area contributed by atoms with E-state index in [1.54, 1.807) is 0 Å². The second kappa shape index (κ2) is 6.23. The molecule has 2 heterocycles. The topological polar surface area (TPSA) is 34.1 Å². The predicted molar refractivity (Wildman–Crippen MR) is 64.9 cm³/mol. The molecule has 19 heavy (non-hydrogen) atoms. The van der Waals surface area contributed by atoms with E-state index in [1.165, 1.54) is 18.9 Å². The minimum atomic E-state index is -4.35. The van der Waals surface area contributed by atoms with Gasteiger partial charge in [-0.2, -0.15) is 13.2 Å². The number of aromatic nitrogens is 1. The molecule has 6 heteroatoms. The third-order valence-corrected chi connectivity index (χ3v) is 3.24. The molecule has 1 aliphatic heterocycles. The maximum Gasteiger partial charge on any atom is 0.417 e. The van der Waals surface area contributed by atoms with Gasteiger partial charge >= 0.3 is 6.18 Å². The van der Waals surface area contributed by atoms with Gasteiger partial charge in [0.15, 0.2) is 0 Å². The van der Waals surface area contributed by atoms with E-state index in [0.717, 1.165) is 31.8 Å². The van der Waals surface area contributed by atoms with Crippen molar-refractivity contribution in [2.75, 3.05) is 19.7 Å². The van der Waals surface area contributed by atoms with Crippen LogP contribution in [0.25, 0.3) is 0 Å². The number of halogens is 3. The minimum Gasteiger partial charge on any atom is -0.478 e. The van der Waals surface area contributed by atoms with Crippen LogP contribution in [0.15, 0.2) is 18.3 Å². The fraction of sp³-hybridized carbons (Fsp3) is 0.615. The Morgan fingerprint density at radius 2 is 2.21 bits per heavy atom. The van der Waals surface area contributed by atoms with Gasteiger partial charge in [-0.15, -0.1) is 0 Å². The lowest BCUT2D eigenvalue weighted by Crippen LogP contribution is -2.30. The highest BCUT2D eigenvalue weighted by molar-refractivity contribution is 5.20. The Hall–Kier alpha value is -1.30. The molecule has 0 aliphatic carbocycles. The summed E-state index contributed by atoms with van der Waals surface area (Å²) < 4.78 is 42.4. The zero-order valence-electron chi connectivity index (χ0n) is 10.5. The van der Waals surface area contributed by atoms with Crippen LogP contribution in [-0.2, 0) is 6.18 Å². The van der Waals surface area contributed by atoms with Gasteiger partial charge in [0.05, 0.1) is 12.2 Å². The summed E-state index contributed by atoms with van der Waals surface area (Å²) in [5.74, 6) is 0.833. The maximum absolute atomic E-state index is 12.3. The normalized spacial score (nSPS) is 20.3. The highest BCUT2D eigenvalue weighted by Gasteiger charge is 2.30. The van der Waals surface area contributed by atoms with E-state index < -0.39 is 11.7 Å². The SMILES string of the molecule is FC(F)(F)c1ccc(OCCC2CCCNC2)nc1. The number of hydrogen-bond acceptors (Lipinski definition) is 3. The van der Waals surface area contributed by atoms with Crippen LogP contribution in [0.3, 0.4) is 0 Å². The molecule has 1 aromatic rings.